The van der Waals surface area contributed by atoms with E-state index in [1.54, 1.807) is 6.07 Å². The van der Waals surface area contributed by atoms with E-state index in [2.05, 4.69) is 7.05 Å². The molecule has 130 valence electrons. The van der Waals surface area contributed by atoms with Gasteiger partial charge in [0.05, 0.1) is 31.1 Å². The molecular weight excluding hydrogens is 310 g/mol. The molecule has 1 aromatic carbocycles. The molecule has 0 bridgehead atoms. The molecule has 0 atom stereocenters. The first-order valence-corrected chi connectivity index (χ1v) is 10.2. The Morgan fingerprint density at radius 2 is 1.43 bits per heavy atom. The molecule has 0 unspecified atom stereocenters. The van der Waals surface area contributed by atoms with E-state index >= 15 is 0 Å². The summed E-state index contributed by atoms with van der Waals surface area (Å²) in [5.74, 6) is 0. The van der Waals surface area contributed by atoms with Crippen LogP contribution in [0, 0.1) is 0 Å². The Labute approximate surface area is 140 Å². The van der Waals surface area contributed by atoms with Gasteiger partial charge in [-0.25, -0.2) is 8.42 Å². The summed E-state index contributed by atoms with van der Waals surface area (Å²) in [4.78, 5) is -0.185. The molecule has 4 nitrogen and oxygen atoms in total. The summed E-state index contributed by atoms with van der Waals surface area (Å²) >= 11 is 0. The second kappa shape index (κ2) is 8.27. The molecule has 2 aliphatic rings. The van der Waals surface area contributed by atoms with E-state index in [0.29, 0.717) is 0 Å². The Morgan fingerprint density at radius 1 is 0.913 bits per heavy atom. The van der Waals surface area contributed by atoms with E-state index in [4.69, 9.17) is 0 Å². The molecule has 1 aliphatic carbocycles. The number of likely N-dealkylation sites (tertiary alicyclic amines) is 1. The highest BCUT2D eigenvalue weighted by Gasteiger charge is 2.34. The van der Waals surface area contributed by atoms with Crippen LogP contribution in [-0.4, -0.2) is 43.6 Å². The zero-order valence-electron chi connectivity index (χ0n) is 14.1. The lowest BCUT2D eigenvalue weighted by Crippen LogP contribution is -2.55. The van der Waals surface area contributed by atoms with Gasteiger partial charge < -0.3 is 9.04 Å². The Kier molecular flexibility index (Phi) is 6.62. The number of piperidine rings is 1. The van der Waals surface area contributed by atoms with Crippen LogP contribution in [0.3, 0.4) is 0 Å². The zero-order chi connectivity index (χ0) is 16.8. The summed E-state index contributed by atoms with van der Waals surface area (Å²) in [7, 11) is -1.74. The van der Waals surface area contributed by atoms with Crippen LogP contribution in [0.5, 0.6) is 0 Å². The summed E-state index contributed by atoms with van der Waals surface area (Å²) in [5, 5.41) is 0. The topological polar surface area (TPSA) is 57.2 Å². The van der Waals surface area contributed by atoms with Gasteiger partial charge in [0.1, 0.15) is 10.1 Å². The molecule has 1 aromatic rings. The van der Waals surface area contributed by atoms with Crippen LogP contribution in [0.2, 0.25) is 0 Å². The molecule has 1 aliphatic heterocycles. The maximum absolute atomic E-state index is 10.3. The summed E-state index contributed by atoms with van der Waals surface area (Å²) < 4.78 is 32.2. The third kappa shape index (κ3) is 5.59. The van der Waals surface area contributed by atoms with E-state index in [0.717, 1.165) is 6.04 Å². The first-order valence-electron chi connectivity index (χ1n) is 8.77. The van der Waals surface area contributed by atoms with Crippen LogP contribution < -0.4 is 0 Å². The van der Waals surface area contributed by atoms with Crippen LogP contribution in [0.1, 0.15) is 51.4 Å². The number of benzene rings is 1. The maximum atomic E-state index is 10.3. The standard InChI is InChI=1S/C12H24N.C6H6O3S/c1-13(10-6-3-7-11-13)12-8-4-2-5-9-12;7-10(8,9)6-4-2-1-3-5-6/h12H,2-11H2,1H3;1-5H,(H,7,8,9)/q+1;/p-1. The van der Waals surface area contributed by atoms with Crippen molar-refractivity contribution in [2.24, 2.45) is 0 Å². The molecule has 3 rings (SSSR count). The molecule has 1 heterocycles. The molecule has 2 fully saturated rings. The quantitative estimate of drug-likeness (QED) is 0.612. The maximum Gasteiger partial charge on any atom is 0.124 e. The number of quaternary nitrogens is 1. The zero-order valence-corrected chi connectivity index (χ0v) is 14.9. The molecule has 5 heteroatoms. The fourth-order valence-electron chi connectivity index (χ4n) is 3.89. The Bertz CT molecular complexity index is 559. The summed E-state index contributed by atoms with van der Waals surface area (Å²) in [6, 6.07) is 8.21. The molecule has 0 N–H and O–H groups in total. The summed E-state index contributed by atoms with van der Waals surface area (Å²) in [6.07, 6.45) is 12.0. The Morgan fingerprint density at radius 3 is 1.91 bits per heavy atom. The van der Waals surface area contributed by atoms with E-state index in [1.165, 1.54) is 93.2 Å². The van der Waals surface area contributed by atoms with Crippen molar-refractivity contribution in [3.05, 3.63) is 30.3 Å². The predicted molar refractivity (Wildman–Crippen MR) is 91.0 cm³/mol. The number of hydrogen-bond acceptors (Lipinski definition) is 3. The first kappa shape index (κ1) is 18.4. The predicted octanol–water partition coefficient (Wildman–Crippen LogP) is 3.54. The van der Waals surface area contributed by atoms with Crippen LogP contribution >= 0.6 is 0 Å². The molecule has 1 saturated carbocycles. The van der Waals surface area contributed by atoms with Gasteiger partial charge in [-0.2, -0.15) is 0 Å². The average molecular weight is 340 g/mol. The molecule has 23 heavy (non-hydrogen) atoms. The highest BCUT2D eigenvalue weighted by Crippen LogP contribution is 2.30. The van der Waals surface area contributed by atoms with Gasteiger partial charge in [-0.15, -0.1) is 0 Å². The number of nitrogens with zero attached hydrogens (tertiary/aromatic N) is 1. The lowest BCUT2D eigenvalue weighted by molar-refractivity contribution is -0.938. The number of hydrogen-bond donors (Lipinski definition) is 0. The van der Waals surface area contributed by atoms with Crippen molar-refractivity contribution in [3.63, 3.8) is 0 Å². The van der Waals surface area contributed by atoms with E-state index in [9.17, 15) is 13.0 Å². The first-order chi connectivity index (χ1) is 10.9. The van der Waals surface area contributed by atoms with Crippen LogP contribution in [0.25, 0.3) is 0 Å². The highest BCUT2D eigenvalue weighted by atomic mass is 32.2. The number of rotatable bonds is 2. The van der Waals surface area contributed by atoms with Crippen LogP contribution in [-0.2, 0) is 10.1 Å². The lowest BCUT2D eigenvalue weighted by atomic mass is 9.91. The van der Waals surface area contributed by atoms with Crippen molar-refractivity contribution in [1.29, 1.82) is 0 Å². The van der Waals surface area contributed by atoms with Crippen molar-refractivity contribution < 1.29 is 17.5 Å². The van der Waals surface area contributed by atoms with Gasteiger partial charge >= 0.3 is 0 Å². The summed E-state index contributed by atoms with van der Waals surface area (Å²) in [5.41, 5.74) is 0. The highest BCUT2D eigenvalue weighted by molar-refractivity contribution is 7.85. The Hall–Kier alpha value is -0.910. The molecule has 1 saturated heterocycles. The summed E-state index contributed by atoms with van der Waals surface area (Å²) in [6.45, 7) is 2.93. The van der Waals surface area contributed by atoms with Crippen LogP contribution in [0.4, 0.5) is 0 Å². The van der Waals surface area contributed by atoms with E-state index in [-0.39, 0.29) is 4.90 Å². The van der Waals surface area contributed by atoms with Gasteiger partial charge in [0, 0.05) is 0 Å². The van der Waals surface area contributed by atoms with E-state index in [1.807, 2.05) is 0 Å². The second-order valence-corrected chi connectivity index (χ2v) is 8.43. The third-order valence-electron chi connectivity index (χ3n) is 5.33. The smallest absolute Gasteiger partial charge is 0.124 e. The molecule has 0 amide bonds. The van der Waals surface area contributed by atoms with Crippen LogP contribution in [0.15, 0.2) is 35.2 Å². The third-order valence-corrected chi connectivity index (χ3v) is 6.18. The van der Waals surface area contributed by atoms with Crippen molar-refractivity contribution in [2.75, 3.05) is 20.1 Å². The van der Waals surface area contributed by atoms with Gasteiger partial charge in [0.2, 0.25) is 0 Å². The monoisotopic (exact) mass is 339 g/mol. The molecular formula is C18H29NO3S. The van der Waals surface area contributed by atoms with E-state index < -0.39 is 10.1 Å². The fraction of sp³-hybridized carbons (Fsp3) is 0.667. The SMILES string of the molecule is C[N+]1(C2CCCCC2)CCCCC1.O=S(=O)([O-])c1ccccc1. The normalized spacial score (nSPS) is 22.0. The minimum Gasteiger partial charge on any atom is -0.744 e. The van der Waals surface area contributed by atoms with Gasteiger partial charge in [-0.1, -0.05) is 24.6 Å². The van der Waals surface area contributed by atoms with Gasteiger partial charge in [0.15, 0.2) is 0 Å². The minimum absolute atomic E-state index is 0.185. The van der Waals surface area contributed by atoms with Gasteiger partial charge in [0.25, 0.3) is 0 Å². The largest absolute Gasteiger partial charge is 0.744 e. The average Bonchev–Trinajstić information content (AvgIpc) is 2.57. The molecule has 0 radical (unpaired) electrons. The van der Waals surface area contributed by atoms with Crippen molar-refractivity contribution in [1.82, 2.24) is 0 Å². The van der Waals surface area contributed by atoms with Gasteiger partial charge in [-0.3, -0.25) is 0 Å². The van der Waals surface area contributed by atoms with Gasteiger partial charge in [-0.05, 0) is 57.1 Å². The second-order valence-electron chi connectivity index (χ2n) is 7.05. The molecule has 0 aromatic heterocycles. The lowest BCUT2D eigenvalue weighted by Gasteiger charge is -2.45. The molecule has 0 spiro atoms. The van der Waals surface area contributed by atoms with Crippen molar-refractivity contribution >= 4 is 10.1 Å². The fourth-order valence-corrected chi connectivity index (χ4v) is 4.38. The van der Waals surface area contributed by atoms with Crippen molar-refractivity contribution in [2.45, 2.75) is 62.3 Å². The Balaban J connectivity index is 0.000000174. The minimum atomic E-state index is -4.25. The van der Waals surface area contributed by atoms with Crippen molar-refractivity contribution in [3.8, 4) is 0 Å².